The lowest BCUT2D eigenvalue weighted by molar-refractivity contribution is -0.172. The molecular formula is C19H23FO6. The van der Waals surface area contributed by atoms with Crippen LogP contribution in [0.1, 0.15) is 38.7 Å². The second-order valence-corrected chi connectivity index (χ2v) is 6.54. The molecule has 0 saturated heterocycles. The lowest BCUT2D eigenvalue weighted by Gasteiger charge is -2.43. The smallest absolute Gasteiger partial charge is 0.317 e. The zero-order valence-corrected chi connectivity index (χ0v) is 15.0. The highest BCUT2D eigenvalue weighted by Gasteiger charge is 2.57. The Labute approximate surface area is 151 Å². The molecule has 0 aliphatic heterocycles. The molecule has 0 aromatic heterocycles. The molecule has 26 heavy (non-hydrogen) atoms. The van der Waals surface area contributed by atoms with Crippen LogP contribution in [0.15, 0.2) is 24.3 Å². The van der Waals surface area contributed by atoms with Crippen molar-refractivity contribution in [3.05, 3.63) is 35.6 Å². The summed E-state index contributed by atoms with van der Waals surface area (Å²) in [6.07, 6.45) is -0.377. The number of halogens is 1. The number of hydrogen-bond donors (Lipinski definition) is 1. The maximum atomic E-state index is 13.3. The van der Waals surface area contributed by atoms with Gasteiger partial charge in [-0.15, -0.1) is 0 Å². The Bertz CT molecular complexity index is 682. The van der Waals surface area contributed by atoms with E-state index in [0.29, 0.717) is 5.56 Å². The van der Waals surface area contributed by atoms with Crippen molar-refractivity contribution in [3.63, 3.8) is 0 Å². The molecule has 1 N–H and O–H groups in total. The molecule has 6 nitrogen and oxygen atoms in total. The van der Waals surface area contributed by atoms with Crippen molar-refractivity contribution in [2.75, 3.05) is 13.2 Å². The summed E-state index contributed by atoms with van der Waals surface area (Å²) in [6.45, 7) is 4.75. The second-order valence-electron chi connectivity index (χ2n) is 6.54. The molecule has 142 valence electrons. The van der Waals surface area contributed by atoms with Crippen LogP contribution in [0.4, 0.5) is 4.39 Å². The molecule has 1 aromatic carbocycles. The number of ketones is 1. The van der Waals surface area contributed by atoms with Crippen LogP contribution < -0.4 is 0 Å². The summed E-state index contributed by atoms with van der Waals surface area (Å²) in [5.41, 5.74) is -1.32. The van der Waals surface area contributed by atoms with Crippen molar-refractivity contribution < 1.29 is 33.4 Å². The van der Waals surface area contributed by atoms with Crippen molar-refractivity contribution >= 4 is 17.7 Å². The van der Waals surface area contributed by atoms with E-state index in [1.54, 1.807) is 13.8 Å². The number of benzene rings is 1. The minimum atomic E-state index is -1.70. The lowest BCUT2D eigenvalue weighted by Crippen LogP contribution is -2.55. The zero-order chi connectivity index (χ0) is 19.5. The first-order chi connectivity index (χ1) is 12.2. The van der Waals surface area contributed by atoms with Crippen LogP contribution in [0.2, 0.25) is 0 Å². The van der Waals surface area contributed by atoms with Gasteiger partial charge < -0.3 is 14.6 Å². The number of aliphatic hydroxyl groups is 1. The molecule has 0 amide bonds. The summed E-state index contributed by atoms with van der Waals surface area (Å²) >= 11 is 0. The van der Waals surface area contributed by atoms with E-state index in [9.17, 15) is 23.9 Å². The highest BCUT2D eigenvalue weighted by molar-refractivity contribution is 6.02. The van der Waals surface area contributed by atoms with Crippen LogP contribution in [-0.4, -0.2) is 41.6 Å². The van der Waals surface area contributed by atoms with E-state index >= 15 is 0 Å². The number of ether oxygens (including phenoxy) is 2. The first-order valence-corrected chi connectivity index (χ1v) is 8.56. The van der Waals surface area contributed by atoms with Crippen LogP contribution in [0.25, 0.3) is 0 Å². The Morgan fingerprint density at radius 1 is 1.15 bits per heavy atom. The number of hydrogen-bond acceptors (Lipinski definition) is 6. The van der Waals surface area contributed by atoms with Crippen LogP contribution in [0.3, 0.4) is 0 Å². The quantitative estimate of drug-likeness (QED) is 0.633. The highest BCUT2D eigenvalue weighted by atomic mass is 19.1. The Hall–Kier alpha value is -2.28. The van der Waals surface area contributed by atoms with Crippen molar-refractivity contribution in [2.24, 2.45) is 11.8 Å². The molecule has 1 aliphatic rings. The van der Waals surface area contributed by atoms with E-state index in [1.807, 2.05) is 0 Å². The zero-order valence-electron chi connectivity index (χ0n) is 15.0. The fourth-order valence-corrected chi connectivity index (χ4v) is 3.56. The summed E-state index contributed by atoms with van der Waals surface area (Å²) < 4.78 is 23.4. The Morgan fingerprint density at radius 3 is 2.23 bits per heavy atom. The van der Waals surface area contributed by atoms with Gasteiger partial charge in [0.1, 0.15) is 11.7 Å². The van der Waals surface area contributed by atoms with Crippen LogP contribution >= 0.6 is 0 Å². The van der Waals surface area contributed by atoms with Gasteiger partial charge in [0.2, 0.25) is 0 Å². The minimum Gasteiger partial charge on any atom is -0.466 e. The average molecular weight is 366 g/mol. The first kappa shape index (κ1) is 20.0. The predicted octanol–water partition coefficient (Wildman–Crippen LogP) is 1.99. The number of esters is 2. The minimum absolute atomic E-state index is 0.0687. The average Bonchev–Trinajstić information content (AvgIpc) is 2.54. The Kier molecular flexibility index (Phi) is 6.13. The van der Waals surface area contributed by atoms with Gasteiger partial charge in [-0.25, -0.2) is 4.39 Å². The third-order valence-electron chi connectivity index (χ3n) is 4.60. The molecule has 0 spiro atoms. The SMILES string of the molecule is CCOC(=O)[C@H]1C(=O)C[C@@](C)(O)[C@@H](C(=O)OCC)[C@@H]1c1ccc(F)cc1. The number of rotatable bonds is 5. The van der Waals surface area contributed by atoms with E-state index in [-0.39, 0.29) is 19.6 Å². The molecule has 0 radical (unpaired) electrons. The van der Waals surface area contributed by atoms with E-state index in [1.165, 1.54) is 31.2 Å². The van der Waals surface area contributed by atoms with Gasteiger partial charge >= 0.3 is 11.9 Å². The van der Waals surface area contributed by atoms with E-state index in [0.717, 1.165) is 0 Å². The lowest BCUT2D eigenvalue weighted by atomic mass is 9.62. The molecule has 4 atom stereocenters. The van der Waals surface area contributed by atoms with Gasteiger partial charge in [0.05, 0.1) is 24.7 Å². The molecule has 1 saturated carbocycles. The van der Waals surface area contributed by atoms with Gasteiger partial charge in [-0.3, -0.25) is 14.4 Å². The fourth-order valence-electron chi connectivity index (χ4n) is 3.56. The molecule has 0 bridgehead atoms. The van der Waals surface area contributed by atoms with Gasteiger partial charge in [0, 0.05) is 12.3 Å². The topological polar surface area (TPSA) is 89.9 Å². The predicted molar refractivity (Wildman–Crippen MR) is 89.6 cm³/mol. The molecule has 7 heteroatoms. The standard InChI is InChI=1S/C19H23FO6/c1-4-25-17(22)15-13(21)10-19(3,24)16(18(23)26-5-2)14(15)11-6-8-12(20)9-7-11/h6-9,14-16,24H,4-5,10H2,1-3H3/t14-,15+,16-,19-/m1/s1. The number of carbonyl (C=O) groups is 3. The van der Waals surface area contributed by atoms with Crippen molar-refractivity contribution in [1.29, 1.82) is 0 Å². The highest BCUT2D eigenvalue weighted by Crippen LogP contribution is 2.46. The summed E-state index contributed by atoms with van der Waals surface area (Å²) in [7, 11) is 0. The van der Waals surface area contributed by atoms with E-state index in [2.05, 4.69) is 0 Å². The molecule has 1 fully saturated rings. The second kappa shape index (κ2) is 7.95. The molecule has 2 rings (SSSR count). The third kappa shape index (κ3) is 3.93. The Balaban J connectivity index is 2.59. The third-order valence-corrected chi connectivity index (χ3v) is 4.60. The van der Waals surface area contributed by atoms with Gasteiger partial charge in [-0.1, -0.05) is 12.1 Å². The van der Waals surface area contributed by atoms with Gasteiger partial charge in [0.15, 0.2) is 5.78 Å². The summed E-state index contributed by atoms with van der Waals surface area (Å²) in [6, 6.07) is 5.14. The van der Waals surface area contributed by atoms with Crippen molar-refractivity contribution in [1.82, 2.24) is 0 Å². The van der Waals surface area contributed by atoms with Crippen LogP contribution in [0.5, 0.6) is 0 Å². The van der Waals surface area contributed by atoms with Gasteiger partial charge in [0.25, 0.3) is 0 Å². The van der Waals surface area contributed by atoms with Crippen molar-refractivity contribution in [3.8, 4) is 0 Å². The van der Waals surface area contributed by atoms with E-state index < -0.39 is 46.9 Å². The molecule has 1 aliphatic carbocycles. The maximum Gasteiger partial charge on any atom is 0.317 e. The molecular weight excluding hydrogens is 343 g/mol. The fraction of sp³-hybridized carbons (Fsp3) is 0.526. The molecule has 0 unspecified atom stereocenters. The normalized spacial score (nSPS) is 28.5. The summed E-state index contributed by atoms with van der Waals surface area (Å²) in [5, 5.41) is 10.8. The maximum absolute atomic E-state index is 13.3. The van der Waals surface area contributed by atoms with Gasteiger partial charge in [-0.2, -0.15) is 0 Å². The summed E-state index contributed by atoms with van der Waals surface area (Å²) in [5.74, 6) is -5.95. The summed E-state index contributed by atoms with van der Waals surface area (Å²) in [4.78, 5) is 37.6. The van der Waals surface area contributed by atoms with Crippen LogP contribution in [-0.2, 0) is 23.9 Å². The van der Waals surface area contributed by atoms with Crippen molar-refractivity contribution in [2.45, 2.75) is 38.7 Å². The molecule has 1 aromatic rings. The molecule has 0 heterocycles. The van der Waals surface area contributed by atoms with E-state index in [4.69, 9.17) is 9.47 Å². The number of carbonyl (C=O) groups excluding carboxylic acids is 3. The largest absolute Gasteiger partial charge is 0.466 e. The Morgan fingerprint density at radius 2 is 1.69 bits per heavy atom. The number of Topliss-reactive ketones (excluding diaryl/α,β-unsaturated/α-hetero) is 1. The van der Waals surface area contributed by atoms with Gasteiger partial charge in [-0.05, 0) is 38.5 Å². The van der Waals surface area contributed by atoms with Crippen LogP contribution in [0, 0.1) is 17.7 Å². The first-order valence-electron chi connectivity index (χ1n) is 8.56. The monoisotopic (exact) mass is 366 g/mol.